The summed E-state index contributed by atoms with van der Waals surface area (Å²) in [5.41, 5.74) is 4.03. The number of hydrogen-bond donors (Lipinski definition) is 2. The van der Waals surface area contributed by atoms with Gasteiger partial charge in [0.25, 0.3) is 5.91 Å². The van der Waals surface area contributed by atoms with Gasteiger partial charge in [-0.25, -0.2) is 0 Å². The molecule has 1 aliphatic heterocycles. The van der Waals surface area contributed by atoms with Crippen LogP contribution in [0.25, 0.3) is 0 Å². The number of carbonyl (C=O) groups is 2. The Morgan fingerprint density at radius 3 is 2.67 bits per heavy atom. The second-order valence-electron chi connectivity index (χ2n) is 5.87. The van der Waals surface area contributed by atoms with Crippen molar-refractivity contribution in [3.63, 3.8) is 0 Å². The van der Waals surface area contributed by atoms with Crippen molar-refractivity contribution in [1.82, 2.24) is 10.1 Å². The molecule has 0 aromatic carbocycles. The van der Waals surface area contributed by atoms with Crippen LogP contribution in [-0.2, 0) is 9.59 Å². The first kappa shape index (κ1) is 15.5. The van der Waals surface area contributed by atoms with Gasteiger partial charge in [-0.2, -0.15) is 0 Å². The molecule has 0 spiro atoms. The molecule has 2 unspecified atom stereocenters. The summed E-state index contributed by atoms with van der Waals surface area (Å²) in [6.45, 7) is 5.82. The van der Waals surface area contributed by atoms with Crippen molar-refractivity contribution in [3.8, 4) is 0 Å². The van der Waals surface area contributed by atoms with Crippen LogP contribution in [0.4, 0.5) is 0 Å². The molecule has 2 rings (SSSR count). The fourth-order valence-corrected chi connectivity index (χ4v) is 2.79. The van der Waals surface area contributed by atoms with E-state index in [1.807, 2.05) is 13.8 Å². The highest BCUT2D eigenvalue weighted by Crippen LogP contribution is 2.34. The van der Waals surface area contributed by atoms with Crippen LogP contribution in [0, 0.1) is 12.8 Å². The zero-order chi connectivity index (χ0) is 15.8. The summed E-state index contributed by atoms with van der Waals surface area (Å²) in [5, 5.41) is 14.2. The van der Waals surface area contributed by atoms with E-state index in [0.717, 1.165) is 4.90 Å². The number of nitrogens with zero attached hydrogens (tertiary/aromatic N) is 2. The molecule has 7 heteroatoms. The van der Waals surface area contributed by atoms with Crippen molar-refractivity contribution in [2.24, 2.45) is 11.7 Å². The van der Waals surface area contributed by atoms with Gasteiger partial charge >= 0.3 is 0 Å². The molecule has 3 N–H and O–H groups in total. The molecular formula is C14H21N3O4. The molecule has 2 heterocycles. The number of aliphatic hydroxyl groups is 1. The van der Waals surface area contributed by atoms with Crippen molar-refractivity contribution in [2.45, 2.75) is 45.3 Å². The van der Waals surface area contributed by atoms with Crippen LogP contribution >= 0.6 is 0 Å². The van der Waals surface area contributed by atoms with Gasteiger partial charge in [0.2, 0.25) is 11.6 Å². The highest BCUT2D eigenvalue weighted by molar-refractivity contribution is 5.92. The van der Waals surface area contributed by atoms with E-state index < -0.39 is 17.6 Å². The molecule has 2 atom stereocenters. The molecule has 0 aliphatic carbocycles. The number of likely N-dealkylation sites (tertiary alicyclic amines) is 1. The molecule has 1 aromatic rings. The minimum atomic E-state index is -1.90. The van der Waals surface area contributed by atoms with E-state index in [2.05, 4.69) is 5.16 Å². The van der Waals surface area contributed by atoms with Gasteiger partial charge in [-0.3, -0.25) is 9.59 Å². The fraction of sp³-hybridized carbons (Fsp3) is 0.643. The molecule has 0 bridgehead atoms. The smallest absolute Gasteiger partial charge is 0.270 e. The molecule has 0 radical (unpaired) electrons. The second kappa shape index (κ2) is 5.48. The van der Waals surface area contributed by atoms with Crippen molar-refractivity contribution < 1.29 is 19.2 Å². The summed E-state index contributed by atoms with van der Waals surface area (Å²) < 4.78 is 5.20. The van der Waals surface area contributed by atoms with Gasteiger partial charge in [0, 0.05) is 19.0 Å². The number of nitrogens with two attached hydrogens (primary N) is 1. The van der Waals surface area contributed by atoms with E-state index in [1.54, 1.807) is 13.0 Å². The van der Waals surface area contributed by atoms with Crippen LogP contribution in [0.5, 0.6) is 0 Å². The Labute approximate surface area is 123 Å². The maximum absolute atomic E-state index is 12.8. The Hall–Kier alpha value is -1.89. The summed E-state index contributed by atoms with van der Waals surface area (Å²) >= 11 is 0. The van der Waals surface area contributed by atoms with Crippen LogP contribution in [0.3, 0.4) is 0 Å². The number of aromatic nitrogens is 1. The predicted octanol–water partition coefficient (Wildman–Crippen LogP) is 0.519. The van der Waals surface area contributed by atoms with Crippen LogP contribution < -0.4 is 5.73 Å². The van der Waals surface area contributed by atoms with Gasteiger partial charge in [-0.15, -0.1) is 0 Å². The van der Waals surface area contributed by atoms with E-state index in [-0.39, 0.29) is 18.2 Å². The van der Waals surface area contributed by atoms with E-state index in [9.17, 15) is 14.7 Å². The normalized spacial score (nSPS) is 23.6. The lowest BCUT2D eigenvalue weighted by Crippen LogP contribution is -2.57. The summed E-state index contributed by atoms with van der Waals surface area (Å²) in [6, 6.07) is 1.70. The molecule has 7 nitrogen and oxygen atoms in total. The van der Waals surface area contributed by atoms with Gasteiger partial charge in [0.1, 0.15) is 11.7 Å². The van der Waals surface area contributed by atoms with Crippen molar-refractivity contribution >= 4 is 11.8 Å². The first-order valence-electron chi connectivity index (χ1n) is 7.04. The van der Waals surface area contributed by atoms with E-state index >= 15 is 0 Å². The molecule has 1 saturated heterocycles. The summed E-state index contributed by atoms with van der Waals surface area (Å²) in [5.74, 6) is -1.49. The van der Waals surface area contributed by atoms with Gasteiger partial charge < -0.3 is 20.3 Å². The zero-order valence-electron chi connectivity index (χ0n) is 12.5. The van der Waals surface area contributed by atoms with Crippen molar-refractivity contribution in [1.29, 1.82) is 0 Å². The minimum absolute atomic E-state index is 0.0671. The summed E-state index contributed by atoms with van der Waals surface area (Å²) in [4.78, 5) is 25.5. The standard InChI is InChI=1S/C14H21N3O4/c1-8(2)11(10-7-9(3)16-21-10)12(18)17-6-4-5-14(17,20)13(15)19/h7-8,11,20H,4-6H2,1-3H3,(H2,15,19). The lowest BCUT2D eigenvalue weighted by molar-refractivity contribution is -0.167. The van der Waals surface area contributed by atoms with Crippen molar-refractivity contribution in [2.75, 3.05) is 6.54 Å². The van der Waals surface area contributed by atoms with Crippen LogP contribution in [0.15, 0.2) is 10.6 Å². The minimum Gasteiger partial charge on any atom is -0.365 e. The number of primary amides is 1. The highest BCUT2D eigenvalue weighted by atomic mass is 16.5. The maximum atomic E-state index is 12.8. The van der Waals surface area contributed by atoms with E-state index in [1.165, 1.54) is 0 Å². The van der Waals surface area contributed by atoms with Gasteiger partial charge in [0.05, 0.1) is 5.69 Å². The topological polar surface area (TPSA) is 110 Å². The number of rotatable bonds is 4. The van der Waals surface area contributed by atoms with Gasteiger partial charge in [-0.1, -0.05) is 19.0 Å². The molecule has 116 valence electrons. The average molecular weight is 295 g/mol. The highest BCUT2D eigenvalue weighted by Gasteiger charge is 2.49. The lowest BCUT2D eigenvalue weighted by atomic mass is 9.91. The second-order valence-corrected chi connectivity index (χ2v) is 5.87. The number of carbonyl (C=O) groups excluding carboxylic acids is 2. The first-order valence-corrected chi connectivity index (χ1v) is 7.04. The van der Waals surface area contributed by atoms with Gasteiger partial charge in [-0.05, 0) is 19.3 Å². The van der Waals surface area contributed by atoms with E-state index in [4.69, 9.17) is 10.3 Å². The lowest BCUT2D eigenvalue weighted by Gasteiger charge is -2.33. The Balaban J connectivity index is 2.33. The number of aryl methyl sites for hydroxylation is 1. The summed E-state index contributed by atoms with van der Waals surface area (Å²) in [6.07, 6.45) is 0.694. The van der Waals surface area contributed by atoms with Crippen LogP contribution in [0.1, 0.15) is 44.1 Å². The fourth-order valence-electron chi connectivity index (χ4n) is 2.79. The Kier molecular flexibility index (Phi) is 4.04. The van der Waals surface area contributed by atoms with E-state index in [0.29, 0.717) is 24.4 Å². The average Bonchev–Trinajstić information content (AvgIpc) is 2.96. The summed E-state index contributed by atoms with van der Waals surface area (Å²) in [7, 11) is 0. The zero-order valence-corrected chi connectivity index (χ0v) is 12.5. The third-order valence-electron chi connectivity index (χ3n) is 3.90. The number of hydrogen-bond acceptors (Lipinski definition) is 5. The SMILES string of the molecule is Cc1cc(C(C(=O)N2CCCC2(O)C(N)=O)C(C)C)on1. The number of amides is 2. The Bertz CT molecular complexity index is 554. The molecule has 1 aliphatic rings. The maximum Gasteiger partial charge on any atom is 0.270 e. The van der Waals surface area contributed by atoms with Crippen LogP contribution in [-0.4, -0.2) is 39.2 Å². The van der Waals surface area contributed by atoms with Crippen molar-refractivity contribution in [3.05, 3.63) is 17.5 Å². The monoisotopic (exact) mass is 295 g/mol. The quantitative estimate of drug-likeness (QED) is 0.841. The predicted molar refractivity (Wildman–Crippen MR) is 73.9 cm³/mol. The van der Waals surface area contributed by atoms with Gasteiger partial charge in [0.15, 0.2) is 0 Å². The molecule has 0 saturated carbocycles. The molecular weight excluding hydrogens is 274 g/mol. The third kappa shape index (κ3) is 2.65. The third-order valence-corrected chi connectivity index (χ3v) is 3.90. The Morgan fingerprint density at radius 1 is 1.52 bits per heavy atom. The largest absolute Gasteiger partial charge is 0.365 e. The molecule has 21 heavy (non-hydrogen) atoms. The molecule has 1 aromatic heterocycles. The Morgan fingerprint density at radius 2 is 2.19 bits per heavy atom. The first-order chi connectivity index (χ1) is 9.77. The molecule has 2 amide bonds. The molecule has 1 fully saturated rings. The van der Waals surface area contributed by atoms with Crippen LogP contribution in [0.2, 0.25) is 0 Å².